The number of aliphatic hydroxyl groups excluding tert-OH is 2. The lowest BCUT2D eigenvalue weighted by Crippen LogP contribution is -2.36. The maximum absolute atomic E-state index is 13.2. The van der Waals surface area contributed by atoms with E-state index in [0.29, 0.717) is 5.69 Å². The SMILES string of the molecule is Cl.O=C(NCC(O)CO)Nc1cccc(-c2cnc3cc(-c4ccc(F)cc4)ccn23)c1. The van der Waals surface area contributed by atoms with Gasteiger partial charge in [-0.2, -0.15) is 0 Å². The average Bonchev–Trinajstić information content (AvgIpc) is 3.21. The molecule has 2 aromatic heterocycles. The number of benzene rings is 2. The van der Waals surface area contributed by atoms with Crippen LogP contribution in [-0.2, 0) is 0 Å². The van der Waals surface area contributed by atoms with Crippen LogP contribution in [0.4, 0.5) is 14.9 Å². The van der Waals surface area contributed by atoms with E-state index < -0.39 is 18.7 Å². The van der Waals surface area contributed by atoms with E-state index >= 15 is 0 Å². The molecule has 4 N–H and O–H groups in total. The molecule has 2 amide bonds. The molecule has 1 atom stereocenters. The van der Waals surface area contributed by atoms with Crippen molar-refractivity contribution in [3.63, 3.8) is 0 Å². The number of hydrogen-bond acceptors (Lipinski definition) is 4. The van der Waals surface area contributed by atoms with Crippen molar-refractivity contribution in [2.75, 3.05) is 18.5 Å². The molecule has 7 nitrogen and oxygen atoms in total. The lowest BCUT2D eigenvalue weighted by atomic mass is 10.1. The summed E-state index contributed by atoms with van der Waals surface area (Å²) in [5.74, 6) is -0.278. The first kappa shape index (κ1) is 23.2. The number of rotatable bonds is 6. The van der Waals surface area contributed by atoms with E-state index in [0.717, 1.165) is 28.0 Å². The van der Waals surface area contributed by atoms with Crippen LogP contribution < -0.4 is 10.6 Å². The minimum absolute atomic E-state index is 0. The van der Waals surface area contributed by atoms with E-state index in [4.69, 9.17) is 5.11 Å². The second-order valence-electron chi connectivity index (χ2n) is 7.05. The van der Waals surface area contributed by atoms with E-state index in [2.05, 4.69) is 15.6 Å². The fourth-order valence-corrected chi connectivity index (χ4v) is 3.22. The van der Waals surface area contributed by atoms with Gasteiger partial charge in [-0.25, -0.2) is 14.2 Å². The van der Waals surface area contributed by atoms with Gasteiger partial charge in [0.2, 0.25) is 0 Å². The van der Waals surface area contributed by atoms with Gasteiger partial charge in [0.15, 0.2) is 0 Å². The summed E-state index contributed by atoms with van der Waals surface area (Å²) in [6.45, 7) is -0.474. The van der Waals surface area contributed by atoms with E-state index in [1.165, 1.54) is 12.1 Å². The summed E-state index contributed by atoms with van der Waals surface area (Å²) in [5.41, 5.74) is 4.85. The van der Waals surface area contributed by atoms with Gasteiger partial charge in [0.1, 0.15) is 11.5 Å². The van der Waals surface area contributed by atoms with Crippen LogP contribution in [0.15, 0.2) is 73.1 Å². The molecule has 9 heteroatoms. The Kier molecular flexibility index (Phi) is 7.42. The quantitative estimate of drug-likeness (QED) is 0.355. The molecule has 0 bridgehead atoms. The molecular formula is C23H22ClFN4O3. The van der Waals surface area contributed by atoms with Gasteiger partial charge < -0.3 is 20.8 Å². The second-order valence-corrected chi connectivity index (χ2v) is 7.05. The normalized spacial score (nSPS) is 11.6. The molecular weight excluding hydrogens is 435 g/mol. The largest absolute Gasteiger partial charge is 0.394 e. The van der Waals surface area contributed by atoms with E-state index in [1.54, 1.807) is 24.4 Å². The average molecular weight is 457 g/mol. The summed E-state index contributed by atoms with van der Waals surface area (Å²) in [5, 5.41) is 23.3. The Morgan fingerprint density at radius 1 is 1.06 bits per heavy atom. The standard InChI is InChI=1S/C23H21FN4O3.ClH/c24-18-6-4-15(5-7-18)16-8-9-28-21(13-25-22(28)11-16)17-2-1-3-19(10-17)27-23(31)26-12-20(30)14-29;/h1-11,13,20,29-30H,12,14H2,(H2,26,27,31);1H. The number of amides is 2. The Hall–Kier alpha value is -3.46. The molecule has 1 unspecified atom stereocenters. The van der Waals surface area contributed by atoms with Crippen molar-refractivity contribution in [3.8, 4) is 22.4 Å². The minimum Gasteiger partial charge on any atom is -0.394 e. The molecule has 0 aliphatic carbocycles. The Balaban J connectivity index is 0.00000289. The van der Waals surface area contributed by atoms with Crippen molar-refractivity contribution in [3.05, 3.63) is 78.9 Å². The first-order chi connectivity index (χ1) is 15.0. The van der Waals surface area contributed by atoms with Gasteiger partial charge in [-0.1, -0.05) is 24.3 Å². The number of aromatic nitrogens is 2. The zero-order valence-electron chi connectivity index (χ0n) is 16.9. The predicted octanol–water partition coefficient (Wildman–Crippen LogP) is 3.70. The van der Waals surface area contributed by atoms with Crippen molar-refractivity contribution in [1.29, 1.82) is 0 Å². The first-order valence-corrected chi connectivity index (χ1v) is 9.71. The zero-order chi connectivity index (χ0) is 21.8. The number of halogens is 2. The third-order valence-electron chi connectivity index (χ3n) is 4.82. The van der Waals surface area contributed by atoms with Crippen LogP contribution in [0.3, 0.4) is 0 Å². The number of anilines is 1. The van der Waals surface area contributed by atoms with Crippen LogP contribution in [0.25, 0.3) is 28.0 Å². The molecule has 2 heterocycles. The zero-order valence-corrected chi connectivity index (χ0v) is 17.7. The van der Waals surface area contributed by atoms with Gasteiger partial charge >= 0.3 is 6.03 Å². The maximum Gasteiger partial charge on any atom is 0.319 e. The predicted molar refractivity (Wildman–Crippen MR) is 123 cm³/mol. The lowest BCUT2D eigenvalue weighted by molar-refractivity contribution is 0.0965. The number of nitrogens with one attached hydrogen (secondary N) is 2. The van der Waals surface area contributed by atoms with Crippen LogP contribution >= 0.6 is 12.4 Å². The molecule has 4 rings (SSSR count). The highest BCUT2D eigenvalue weighted by Gasteiger charge is 2.10. The lowest BCUT2D eigenvalue weighted by Gasteiger charge is -2.11. The van der Waals surface area contributed by atoms with Crippen molar-refractivity contribution in [1.82, 2.24) is 14.7 Å². The van der Waals surface area contributed by atoms with Crippen LogP contribution in [-0.4, -0.2) is 44.9 Å². The first-order valence-electron chi connectivity index (χ1n) is 9.71. The Bertz CT molecular complexity index is 1210. The number of carbonyl (C=O) groups is 1. The van der Waals surface area contributed by atoms with Crippen molar-refractivity contribution < 1.29 is 19.4 Å². The maximum atomic E-state index is 13.2. The molecule has 0 saturated heterocycles. The number of pyridine rings is 1. The summed E-state index contributed by atoms with van der Waals surface area (Å²) in [4.78, 5) is 16.5. The van der Waals surface area contributed by atoms with Crippen LogP contribution in [0.2, 0.25) is 0 Å². The van der Waals surface area contributed by atoms with Gasteiger partial charge in [-0.15, -0.1) is 12.4 Å². The number of hydrogen-bond donors (Lipinski definition) is 4. The number of nitrogens with zero attached hydrogens (tertiary/aromatic N) is 2. The Morgan fingerprint density at radius 3 is 2.59 bits per heavy atom. The molecule has 0 spiro atoms. The number of fused-ring (bicyclic) bond motifs is 1. The molecule has 0 fully saturated rings. The molecule has 0 aliphatic heterocycles. The van der Waals surface area contributed by atoms with Gasteiger partial charge in [0.05, 0.1) is 24.6 Å². The van der Waals surface area contributed by atoms with E-state index in [9.17, 15) is 14.3 Å². The molecule has 0 aliphatic rings. The van der Waals surface area contributed by atoms with E-state index in [1.807, 2.05) is 40.9 Å². The van der Waals surface area contributed by atoms with Gasteiger partial charge in [-0.3, -0.25) is 4.40 Å². The molecule has 2 aromatic carbocycles. The topological polar surface area (TPSA) is 98.9 Å². The van der Waals surface area contributed by atoms with Gasteiger partial charge in [-0.05, 0) is 47.5 Å². The van der Waals surface area contributed by atoms with E-state index in [-0.39, 0.29) is 24.8 Å². The monoisotopic (exact) mass is 456 g/mol. The third-order valence-corrected chi connectivity index (χ3v) is 4.82. The van der Waals surface area contributed by atoms with Crippen LogP contribution in [0.5, 0.6) is 0 Å². The Morgan fingerprint density at radius 2 is 1.84 bits per heavy atom. The fourth-order valence-electron chi connectivity index (χ4n) is 3.22. The van der Waals surface area contributed by atoms with Crippen molar-refractivity contribution >= 4 is 29.8 Å². The van der Waals surface area contributed by atoms with Gasteiger partial charge in [0.25, 0.3) is 0 Å². The molecule has 0 saturated carbocycles. The number of imidazole rings is 1. The molecule has 32 heavy (non-hydrogen) atoms. The number of urea groups is 1. The minimum atomic E-state index is -1.00. The number of aliphatic hydroxyl groups is 2. The highest BCUT2D eigenvalue weighted by atomic mass is 35.5. The summed E-state index contributed by atoms with van der Waals surface area (Å²) < 4.78 is 15.1. The second kappa shape index (κ2) is 10.2. The summed E-state index contributed by atoms with van der Waals surface area (Å²) in [7, 11) is 0. The van der Waals surface area contributed by atoms with Crippen LogP contribution in [0.1, 0.15) is 0 Å². The number of carbonyl (C=O) groups excluding carboxylic acids is 1. The van der Waals surface area contributed by atoms with Crippen molar-refractivity contribution in [2.24, 2.45) is 0 Å². The summed E-state index contributed by atoms with van der Waals surface area (Å²) >= 11 is 0. The molecule has 166 valence electrons. The molecule has 4 aromatic rings. The summed E-state index contributed by atoms with van der Waals surface area (Å²) in [6, 6.07) is 17.0. The third kappa shape index (κ3) is 5.23. The summed E-state index contributed by atoms with van der Waals surface area (Å²) in [6.07, 6.45) is 2.65. The smallest absolute Gasteiger partial charge is 0.319 e. The van der Waals surface area contributed by atoms with Crippen LogP contribution in [0, 0.1) is 5.82 Å². The van der Waals surface area contributed by atoms with Gasteiger partial charge in [0, 0.05) is 24.0 Å². The highest BCUT2D eigenvalue weighted by molar-refractivity contribution is 5.90. The Labute approximate surface area is 190 Å². The highest BCUT2D eigenvalue weighted by Crippen LogP contribution is 2.27. The van der Waals surface area contributed by atoms with Crippen molar-refractivity contribution in [2.45, 2.75) is 6.10 Å². The fraction of sp³-hybridized carbons (Fsp3) is 0.130. The molecule has 0 radical (unpaired) electrons.